The molecule has 0 bridgehead atoms. The SMILES string of the molecule is Oc1ccn(-c2ccc(Cl)c(F)c2)n1. The van der Waals surface area contributed by atoms with E-state index in [2.05, 4.69) is 5.10 Å². The summed E-state index contributed by atoms with van der Waals surface area (Å²) in [7, 11) is 0. The Kier molecular flexibility index (Phi) is 2.13. The van der Waals surface area contributed by atoms with E-state index in [0.717, 1.165) is 0 Å². The maximum absolute atomic E-state index is 13.0. The van der Waals surface area contributed by atoms with Gasteiger partial charge in [0.1, 0.15) is 5.82 Å². The highest BCUT2D eigenvalue weighted by Gasteiger charge is 2.03. The zero-order valence-electron chi connectivity index (χ0n) is 6.98. The molecule has 1 aromatic carbocycles. The van der Waals surface area contributed by atoms with Gasteiger partial charge in [-0.1, -0.05) is 11.6 Å². The second-order valence-electron chi connectivity index (χ2n) is 2.72. The van der Waals surface area contributed by atoms with Crippen LogP contribution in [0.15, 0.2) is 30.5 Å². The Balaban J connectivity index is 2.47. The minimum Gasteiger partial charge on any atom is -0.492 e. The van der Waals surface area contributed by atoms with E-state index in [4.69, 9.17) is 16.7 Å². The molecule has 0 aliphatic carbocycles. The first-order valence-electron chi connectivity index (χ1n) is 3.87. The van der Waals surface area contributed by atoms with Crippen LogP contribution in [0.4, 0.5) is 4.39 Å². The smallest absolute Gasteiger partial charge is 0.230 e. The molecule has 2 rings (SSSR count). The maximum Gasteiger partial charge on any atom is 0.230 e. The molecule has 3 nitrogen and oxygen atoms in total. The van der Waals surface area contributed by atoms with Crippen molar-refractivity contribution in [3.8, 4) is 11.6 Å². The van der Waals surface area contributed by atoms with E-state index >= 15 is 0 Å². The average molecular weight is 213 g/mol. The largest absolute Gasteiger partial charge is 0.492 e. The van der Waals surface area contributed by atoms with E-state index < -0.39 is 5.82 Å². The van der Waals surface area contributed by atoms with E-state index in [-0.39, 0.29) is 10.9 Å². The second-order valence-corrected chi connectivity index (χ2v) is 3.12. The van der Waals surface area contributed by atoms with E-state index in [0.29, 0.717) is 5.69 Å². The van der Waals surface area contributed by atoms with Gasteiger partial charge in [0.05, 0.1) is 10.7 Å². The second kappa shape index (κ2) is 3.31. The molecule has 0 radical (unpaired) electrons. The van der Waals surface area contributed by atoms with Crippen LogP contribution < -0.4 is 0 Å². The molecule has 0 fully saturated rings. The van der Waals surface area contributed by atoms with Gasteiger partial charge in [-0.3, -0.25) is 0 Å². The van der Waals surface area contributed by atoms with Gasteiger partial charge < -0.3 is 5.11 Å². The molecule has 72 valence electrons. The van der Waals surface area contributed by atoms with Gasteiger partial charge in [0.25, 0.3) is 0 Å². The van der Waals surface area contributed by atoms with Crippen LogP contribution in [-0.4, -0.2) is 14.9 Å². The van der Waals surface area contributed by atoms with E-state index in [1.807, 2.05) is 0 Å². The molecular formula is C9H6ClFN2O. The molecule has 0 amide bonds. The van der Waals surface area contributed by atoms with Crippen molar-refractivity contribution in [3.63, 3.8) is 0 Å². The average Bonchev–Trinajstić information content (AvgIpc) is 2.57. The fraction of sp³-hybridized carbons (Fsp3) is 0. The molecule has 0 aliphatic heterocycles. The predicted octanol–water partition coefficient (Wildman–Crippen LogP) is 2.37. The van der Waals surface area contributed by atoms with Gasteiger partial charge in [0.2, 0.25) is 5.88 Å². The van der Waals surface area contributed by atoms with Crippen molar-refractivity contribution in [2.75, 3.05) is 0 Å². The molecule has 2 aromatic rings. The quantitative estimate of drug-likeness (QED) is 0.788. The van der Waals surface area contributed by atoms with Gasteiger partial charge in [-0.15, -0.1) is 5.10 Å². The Bertz CT molecular complexity index is 470. The summed E-state index contributed by atoms with van der Waals surface area (Å²) in [6.07, 6.45) is 1.53. The van der Waals surface area contributed by atoms with Gasteiger partial charge in [-0.25, -0.2) is 9.07 Å². The first kappa shape index (κ1) is 9.02. The lowest BCUT2D eigenvalue weighted by molar-refractivity contribution is 0.447. The van der Waals surface area contributed by atoms with Crippen molar-refractivity contribution in [2.24, 2.45) is 0 Å². The van der Waals surface area contributed by atoms with Crippen molar-refractivity contribution >= 4 is 11.6 Å². The van der Waals surface area contributed by atoms with Crippen molar-refractivity contribution in [2.45, 2.75) is 0 Å². The topological polar surface area (TPSA) is 38.0 Å². The lowest BCUT2D eigenvalue weighted by atomic mass is 10.3. The van der Waals surface area contributed by atoms with Crippen molar-refractivity contribution in [3.05, 3.63) is 41.3 Å². The number of aromatic nitrogens is 2. The number of hydrogen-bond acceptors (Lipinski definition) is 2. The highest BCUT2D eigenvalue weighted by atomic mass is 35.5. The fourth-order valence-electron chi connectivity index (χ4n) is 1.09. The lowest BCUT2D eigenvalue weighted by Crippen LogP contribution is -1.94. The molecule has 5 heteroatoms. The first-order chi connectivity index (χ1) is 6.66. The van der Waals surface area contributed by atoms with Crippen molar-refractivity contribution in [1.82, 2.24) is 9.78 Å². The zero-order chi connectivity index (χ0) is 10.1. The molecule has 1 heterocycles. The van der Waals surface area contributed by atoms with E-state index in [1.165, 1.54) is 29.1 Å². The molecular weight excluding hydrogens is 207 g/mol. The normalized spacial score (nSPS) is 10.4. The molecule has 14 heavy (non-hydrogen) atoms. The van der Waals surface area contributed by atoms with E-state index in [1.54, 1.807) is 6.07 Å². The summed E-state index contributed by atoms with van der Waals surface area (Å²) in [5.41, 5.74) is 0.507. The minimum atomic E-state index is -0.515. The highest BCUT2D eigenvalue weighted by Crippen LogP contribution is 2.18. The van der Waals surface area contributed by atoms with Crippen LogP contribution in [0.2, 0.25) is 5.02 Å². The van der Waals surface area contributed by atoms with Gasteiger partial charge >= 0.3 is 0 Å². The highest BCUT2D eigenvalue weighted by molar-refractivity contribution is 6.30. The van der Waals surface area contributed by atoms with Gasteiger partial charge in [-0.05, 0) is 12.1 Å². The van der Waals surface area contributed by atoms with E-state index in [9.17, 15) is 4.39 Å². The summed E-state index contributed by atoms with van der Waals surface area (Å²) < 4.78 is 14.4. The monoisotopic (exact) mass is 212 g/mol. The Morgan fingerprint density at radius 2 is 2.14 bits per heavy atom. The van der Waals surface area contributed by atoms with Crippen LogP contribution in [0.3, 0.4) is 0 Å². The molecule has 1 N–H and O–H groups in total. The van der Waals surface area contributed by atoms with Crippen LogP contribution in [-0.2, 0) is 0 Å². The van der Waals surface area contributed by atoms with Crippen molar-refractivity contribution in [1.29, 1.82) is 0 Å². The molecule has 0 atom stereocenters. The Hall–Kier alpha value is -1.55. The summed E-state index contributed by atoms with van der Waals surface area (Å²) in [5.74, 6) is -0.625. The number of hydrogen-bond donors (Lipinski definition) is 1. The van der Waals surface area contributed by atoms with Crippen LogP contribution >= 0.6 is 11.6 Å². The van der Waals surface area contributed by atoms with Gasteiger partial charge in [0.15, 0.2) is 0 Å². The summed E-state index contributed by atoms with van der Waals surface area (Å²) in [6.45, 7) is 0. The molecule has 0 aliphatic rings. The molecule has 0 saturated carbocycles. The molecule has 0 unspecified atom stereocenters. The van der Waals surface area contributed by atoms with Crippen LogP contribution in [0.25, 0.3) is 5.69 Å². The molecule has 1 aromatic heterocycles. The third-order valence-corrected chi connectivity index (χ3v) is 2.05. The predicted molar refractivity (Wildman–Crippen MR) is 50.2 cm³/mol. The number of halogens is 2. The summed E-state index contributed by atoms with van der Waals surface area (Å²) >= 11 is 5.52. The van der Waals surface area contributed by atoms with Crippen LogP contribution in [0.1, 0.15) is 0 Å². The Labute approximate surface area is 84.4 Å². The van der Waals surface area contributed by atoms with Gasteiger partial charge in [0, 0.05) is 18.3 Å². The summed E-state index contributed by atoms with van der Waals surface area (Å²) in [6, 6.07) is 5.70. The number of aromatic hydroxyl groups is 1. The lowest BCUT2D eigenvalue weighted by Gasteiger charge is -2.01. The van der Waals surface area contributed by atoms with Crippen LogP contribution in [0.5, 0.6) is 5.88 Å². The molecule has 0 spiro atoms. The van der Waals surface area contributed by atoms with Crippen molar-refractivity contribution < 1.29 is 9.50 Å². The Morgan fingerprint density at radius 3 is 2.71 bits per heavy atom. The molecule has 0 saturated heterocycles. The fourth-order valence-corrected chi connectivity index (χ4v) is 1.20. The number of benzene rings is 1. The van der Waals surface area contributed by atoms with Gasteiger partial charge in [-0.2, -0.15) is 0 Å². The standard InChI is InChI=1S/C9H6ClFN2O/c10-7-2-1-6(5-8(7)11)13-4-3-9(14)12-13/h1-5H,(H,12,14). The summed E-state index contributed by atoms with van der Waals surface area (Å²) in [5, 5.41) is 12.8. The number of nitrogens with zero attached hydrogens (tertiary/aromatic N) is 2. The summed E-state index contributed by atoms with van der Waals surface area (Å²) in [4.78, 5) is 0. The minimum absolute atomic E-state index is 0.0603. The Morgan fingerprint density at radius 1 is 1.36 bits per heavy atom. The van der Waals surface area contributed by atoms with Crippen LogP contribution in [0, 0.1) is 5.82 Å². The number of rotatable bonds is 1. The maximum atomic E-state index is 13.0. The first-order valence-corrected chi connectivity index (χ1v) is 4.24. The third-order valence-electron chi connectivity index (χ3n) is 1.74. The zero-order valence-corrected chi connectivity index (χ0v) is 7.74. The third kappa shape index (κ3) is 1.56.